The van der Waals surface area contributed by atoms with Gasteiger partial charge >= 0.3 is 5.97 Å². The lowest BCUT2D eigenvalue weighted by molar-refractivity contribution is 0.0645. The summed E-state index contributed by atoms with van der Waals surface area (Å²) >= 11 is 0. The van der Waals surface area contributed by atoms with E-state index in [4.69, 9.17) is 5.11 Å². The number of hydrogen-bond donors (Lipinski definition) is 1. The van der Waals surface area contributed by atoms with E-state index in [1.54, 1.807) is 13.8 Å². The Balaban J connectivity index is 3.33. The summed E-state index contributed by atoms with van der Waals surface area (Å²) in [5, 5.41) is 9.07. The quantitative estimate of drug-likeness (QED) is 0.908. The molecule has 0 saturated carbocycles. The van der Waals surface area contributed by atoms with Crippen molar-refractivity contribution in [2.24, 2.45) is 5.92 Å². The number of hydrogen-bond acceptors (Lipinski definition) is 2. The van der Waals surface area contributed by atoms with Crippen LogP contribution in [0, 0.1) is 17.6 Å². The molecule has 0 bridgehead atoms. The van der Waals surface area contributed by atoms with E-state index in [0.717, 1.165) is 0 Å². The number of nitrogens with zero attached hydrogens (tertiary/aromatic N) is 1. The van der Waals surface area contributed by atoms with Crippen molar-refractivity contribution >= 4 is 11.9 Å². The first-order valence-corrected chi connectivity index (χ1v) is 6.68. The fourth-order valence-electron chi connectivity index (χ4n) is 1.98. The second-order valence-corrected chi connectivity index (χ2v) is 5.56. The van der Waals surface area contributed by atoms with Crippen molar-refractivity contribution in [3.05, 3.63) is 34.9 Å². The molecule has 0 spiro atoms. The SMILES string of the molecule is CC(C)CN(C(=O)c1cc(F)c(F)cc1C(=O)O)C(C)C. The van der Waals surface area contributed by atoms with E-state index in [9.17, 15) is 18.4 Å². The van der Waals surface area contributed by atoms with Crippen LogP contribution in [0.25, 0.3) is 0 Å². The van der Waals surface area contributed by atoms with Crippen LogP contribution in [-0.4, -0.2) is 34.5 Å². The van der Waals surface area contributed by atoms with Gasteiger partial charge in [0.05, 0.1) is 11.1 Å². The highest BCUT2D eigenvalue weighted by atomic mass is 19.2. The van der Waals surface area contributed by atoms with Crippen LogP contribution in [0.5, 0.6) is 0 Å². The third-order valence-electron chi connectivity index (χ3n) is 2.97. The summed E-state index contributed by atoms with van der Waals surface area (Å²) in [6.45, 7) is 7.77. The summed E-state index contributed by atoms with van der Waals surface area (Å²) in [6.07, 6.45) is 0. The molecule has 0 radical (unpaired) electrons. The van der Waals surface area contributed by atoms with Gasteiger partial charge in [0.1, 0.15) is 0 Å². The maximum atomic E-state index is 13.4. The number of carboxylic acids is 1. The molecule has 0 saturated heterocycles. The zero-order valence-electron chi connectivity index (χ0n) is 12.5. The van der Waals surface area contributed by atoms with Gasteiger partial charge in [-0.15, -0.1) is 0 Å². The number of carboxylic acid groups (broad SMARTS) is 1. The molecule has 0 fully saturated rings. The molecule has 116 valence electrons. The Labute approximate surface area is 122 Å². The monoisotopic (exact) mass is 299 g/mol. The average molecular weight is 299 g/mol. The van der Waals surface area contributed by atoms with Gasteiger partial charge in [0, 0.05) is 12.6 Å². The Morgan fingerprint density at radius 1 is 1.10 bits per heavy atom. The molecule has 1 rings (SSSR count). The van der Waals surface area contributed by atoms with Crippen molar-refractivity contribution in [2.45, 2.75) is 33.7 Å². The fourth-order valence-corrected chi connectivity index (χ4v) is 1.98. The average Bonchev–Trinajstić information content (AvgIpc) is 2.37. The fraction of sp³-hybridized carbons (Fsp3) is 0.467. The summed E-state index contributed by atoms with van der Waals surface area (Å²) in [5.41, 5.74) is -0.871. The molecule has 0 heterocycles. The van der Waals surface area contributed by atoms with Gasteiger partial charge in [-0.2, -0.15) is 0 Å². The molecule has 6 heteroatoms. The minimum atomic E-state index is -1.47. The van der Waals surface area contributed by atoms with Crippen LogP contribution in [0.2, 0.25) is 0 Å². The molecule has 1 N–H and O–H groups in total. The first-order chi connectivity index (χ1) is 9.65. The minimum absolute atomic E-state index is 0.162. The molecular formula is C15H19F2NO3. The van der Waals surface area contributed by atoms with Crippen molar-refractivity contribution < 1.29 is 23.5 Å². The topological polar surface area (TPSA) is 57.6 Å². The molecule has 0 unspecified atom stereocenters. The van der Waals surface area contributed by atoms with Crippen molar-refractivity contribution in [3.8, 4) is 0 Å². The molecule has 1 aromatic rings. The van der Waals surface area contributed by atoms with Crippen LogP contribution in [0.1, 0.15) is 48.4 Å². The van der Waals surface area contributed by atoms with E-state index in [-0.39, 0.29) is 17.5 Å². The molecule has 0 aromatic heterocycles. The van der Waals surface area contributed by atoms with Crippen LogP contribution in [-0.2, 0) is 0 Å². The zero-order chi connectivity index (χ0) is 16.3. The lowest BCUT2D eigenvalue weighted by Gasteiger charge is -2.29. The zero-order valence-corrected chi connectivity index (χ0v) is 12.5. The Morgan fingerprint density at radius 3 is 1.95 bits per heavy atom. The highest BCUT2D eigenvalue weighted by Crippen LogP contribution is 2.19. The lowest BCUT2D eigenvalue weighted by Crippen LogP contribution is -2.40. The highest BCUT2D eigenvalue weighted by Gasteiger charge is 2.26. The van der Waals surface area contributed by atoms with Gasteiger partial charge in [0.15, 0.2) is 11.6 Å². The first-order valence-electron chi connectivity index (χ1n) is 6.68. The van der Waals surface area contributed by atoms with E-state index in [1.807, 2.05) is 13.8 Å². The number of carbonyl (C=O) groups is 2. The third kappa shape index (κ3) is 4.00. The van der Waals surface area contributed by atoms with Crippen molar-refractivity contribution in [3.63, 3.8) is 0 Å². The highest BCUT2D eigenvalue weighted by molar-refractivity contribution is 6.04. The molecule has 0 aliphatic rings. The Morgan fingerprint density at radius 2 is 1.57 bits per heavy atom. The Kier molecular flexibility index (Phi) is 5.41. The maximum Gasteiger partial charge on any atom is 0.336 e. The number of halogens is 2. The predicted octanol–water partition coefficient (Wildman–Crippen LogP) is 3.17. The second-order valence-electron chi connectivity index (χ2n) is 5.56. The largest absolute Gasteiger partial charge is 0.478 e. The number of aromatic carboxylic acids is 1. The summed E-state index contributed by atoms with van der Waals surface area (Å²) in [7, 11) is 0. The maximum absolute atomic E-state index is 13.4. The van der Waals surface area contributed by atoms with E-state index in [1.165, 1.54) is 4.90 Å². The molecule has 1 amide bonds. The first kappa shape index (κ1) is 17.1. The van der Waals surface area contributed by atoms with E-state index >= 15 is 0 Å². The Bertz CT molecular complexity index is 556. The molecule has 1 aromatic carbocycles. The molecular weight excluding hydrogens is 280 g/mol. The second kappa shape index (κ2) is 6.65. The third-order valence-corrected chi connectivity index (χ3v) is 2.97. The molecule has 4 nitrogen and oxygen atoms in total. The summed E-state index contributed by atoms with van der Waals surface area (Å²) < 4.78 is 26.6. The van der Waals surface area contributed by atoms with Crippen LogP contribution in [0.15, 0.2) is 12.1 Å². The number of rotatable bonds is 5. The van der Waals surface area contributed by atoms with E-state index in [2.05, 4.69) is 0 Å². The lowest BCUT2D eigenvalue weighted by atomic mass is 10.0. The smallest absolute Gasteiger partial charge is 0.336 e. The predicted molar refractivity (Wildman–Crippen MR) is 74.3 cm³/mol. The van der Waals surface area contributed by atoms with Crippen LogP contribution < -0.4 is 0 Å². The number of benzene rings is 1. The van der Waals surface area contributed by atoms with Gasteiger partial charge in [0.25, 0.3) is 5.91 Å². The summed E-state index contributed by atoms with van der Waals surface area (Å²) in [4.78, 5) is 25.1. The van der Waals surface area contributed by atoms with Gasteiger partial charge in [-0.3, -0.25) is 4.79 Å². The Hall–Kier alpha value is -1.98. The van der Waals surface area contributed by atoms with Crippen molar-refractivity contribution in [1.29, 1.82) is 0 Å². The van der Waals surface area contributed by atoms with Gasteiger partial charge in [-0.25, -0.2) is 13.6 Å². The van der Waals surface area contributed by atoms with Gasteiger partial charge in [-0.1, -0.05) is 13.8 Å². The number of carbonyl (C=O) groups excluding carboxylic acids is 1. The standard InChI is InChI=1S/C15H19F2NO3/c1-8(2)7-18(9(3)4)14(19)10-5-12(16)13(17)6-11(10)15(20)21/h5-6,8-9H,7H2,1-4H3,(H,20,21). The van der Waals surface area contributed by atoms with Crippen molar-refractivity contribution in [2.75, 3.05) is 6.54 Å². The minimum Gasteiger partial charge on any atom is -0.478 e. The number of amides is 1. The molecule has 21 heavy (non-hydrogen) atoms. The molecule has 0 aliphatic carbocycles. The van der Waals surface area contributed by atoms with Gasteiger partial charge < -0.3 is 10.0 Å². The van der Waals surface area contributed by atoms with E-state index in [0.29, 0.717) is 18.7 Å². The summed E-state index contributed by atoms with van der Waals surface area (Å²) in [6, 6.07) is 1.00. The van der Waals surface area contributed by atoms with Crippen molar-refractivity contribution in [1.82, 2.24) is 4.90 Å². The van der Waals surface area contributed by atoms with Crippen LogP contribution in [0.4, 0.5) is 8.78 Å². The molecule has 0 aliphatic heterocycles. The van der Waals surface area contributed by atoms with E-state index < -0.39 is 29.1 Å². The van der Waals surface area contributed by atoms with Gasteiger partial charge in [0.2, 0.25) is 0 Å². The molecule has 0 atom stereocenters. The van der Waals surface area contributed by atoms with Crippen LogP contribution >= 0.6 is 0 Å². The van der Waals surface area contributed by atoms with Crippen LogP contribution in [0.3, 0.4) is 0 Å². The summed E-state index contributed by atoms with van der Waals surface area (Å²) in [5.74, 6) is -4.45. The van der Waals surface area contributed by atoms with Gasteiger partial charge in [-0.05, 0) is 31.9 Å². The normalized spacial score (nSPS) is 11.0.